The zero-order valence-electron chi connectivity index (χ0n) is 54.2. The standard InChI is InChI=1S/C63H104O31/c1-57(2)14-15-62-23-84-63(31(62)16-57)13-9-30-59(5)11-10-33(58(3,4)29(59)8-12-60(30,6)61(63,7)17-32(62)68)89-55-48(92-53-43(78)39(74)35(70)26(19-65)86-53)37(72)28(22-83-55)88-56-49(47(36(71)27(20-66)87-56)91-54-44(79)40(75)41(76)50(81)94-54)93-51-45(80)46(24(67)21-82-51)90-52-42(77)38(73)34(69)25(18-64)85-52/h24-56,64-81H,8-23H2,1-7H3/t24-,25-,26-,27-,28+,29+,30-,31-,32-,33+,34-,35-,36-,37+,38+,39+,40-,41-,42-,43-,44-,45-,46+,47+,48-,49-,50-,51+,52+,53+,54-,55+,56+,59+,60-,61+,62-,63+/m1/s1. The maximum Gasteiger partial charge on any atom is 0.189 e. The Morgan fingerprint density at radius 1 is 0.404 bits per heavy atom. The van der Waals surface area contributed by atoms with Gasteiger partial charge in [0.15, 0.2) is 44.0 Å². The van der Waals surface area contributed by atoms with Crippen molar-refractivity contribution in [2.75, 3.05) is 39.6 Å². The van der Waals surface area contributed by atoms with Crippen molar-refractivity contribution in [3.63, 3.8) is 0 Å². The van der Waals surface area contributed by atoms with Crippen molar-refractivity contribution < 1.29 is 153 Å². The van der Waals surface area contributed by atoms with Crippen LogP contribution in [0.4, 0.5) is 0 Å². The summed E-state index contributed by atoms with van der Waals surface area (Å²) >= 11 is 0. The number of hydrogen-bond donors (Lipinski definition) is 18. The van der Waals surface area contributed by atoms with Gasteiger partial charge in [0, 0.05) is 10.8 Å². The molecular formula is C63H104O31. The van der Waals surface area contributed by atoms with E-state index >= 15 is 0 Å². The second-order valence-corrected chi connectivity index (χ2v) is 31.5. The average molecular weight is 1360 g/mol. The molecular weight excluding hydrogens is 1250 g/mol. The Labute approximate surface area is 544 Å². The third kappa shape index (κ3) is 11.6. The summed E-state index contributed by atoms with van der Waals surface area (Å²) in [5.41, 5.74) is -1.86. The zero-order valence-corrected chi connectivity index (χ0v) is 54.2. The molecule has 12 fully saturated rings. The maximum absolute atomic E-state index is 12.8. The SMILES string of the molecule is CC1(C)CC[C@]23CO[C@@]4(CC[C@@H]5[C@@]6(C)CC[C@H](O[C@@H]7OC[C@H](O[C@@H]8O[C@H](CO)[C@@H](O)[C@H](O[C@@H]9O[C@@H](O)[C@H](O)[C@@H](O)[C@H]9O)[C@H]8O[C@@H]8OC[C@@H](O)[C@H](O[C@@H]9O[C@H](CO)[C@@H](O)[C@H](O)[C@H]9O)[C@H]8O)[C@H](O)[C@H]7O[C@@H]7O[C@H](CO)[C@@H](O)[C@H](O)[C@H]7O)C(C)(C)[C@@H]6CC[C@@]5(C)[C@]4(C)C[C@H]2O)[C@@H]3C1. The van der Waals surface area contributed by atoms with E-state index in [0.717, 1.165) is 51.4 Å². The fourth-order valence-electron chi connectivity index (χ4n) is 20.2. The van der Waals surface area contributed by atoms with Crippen LogP contribution in [0.2, 0.25) is 0 Å². The van der Waals surface area contributed by atoms with E-state index in [1.807, 2.05) is 0 Å². The molecule has 0 amide bonds. The summed E-state index contributed by atoms with van der Waals surface area (Å²) in [7, 11) is 0. The topological polar surface area (TPSA) is 484 Å². The van der Waals surface area contributed by atoms with Crippen LogP contribution in [-0.4, -0.2) is 322 Å². The van der Waals surface area contributed by atoms with Crippen LogP contribution in [0.1, 0.15) is 113 Å². The lowest BCUT2D eigenvalue weighted by Gasteiger charge is -2.75. The highest BCUT2D eigenvalue weighted by molar-refractivity contribution is 5.28. The van der Waals surface area contributed by atoms with Crippen molar-refractivity contribution in [1.82, 2.24) is 0 Å². The first-order chi connectivity index (χ1) is 44.2. The van der Waals surface area contributed by atoms with Crippen LogP contribution in [0.5, 0.6) is 0 Å². The van der Waals surface area contributed by atoms with Crippen LogP contribution < -0.4 is 0 Å². The van der Waals surface area contributed by atoms with Gasteiger partial charge in [0.25, 0.3) is 0 Å². The first-order valence-electron chi connectivity index (χ1n) is 33.6. The molecule has 5 saturated carbocycles. The van der Waals surface area contributed by atoms with E-state index in [1.165, 1.54) is 0 Å². The molecule has 0 unspecified atom stereocenters. The van der Waals surface area contributed by atoms with Crippen LogP contribution in [0, 0.1) is 50.2 Å². The van der Waals surface area contributed by atoms with Crippen LogP contribution in [-0.2, 0) is 61.6 Å². The molecule has 2 bridgehead atoms. The maximum atomic E-state index is 12.8. The van der Waals surface area contributed by atoms with E-state index in [4.69, 9.17) is 61.6 Å². The van der Waals surface area contributed by atoms with Gasteiger partial charge in [0.05, 0.1) is 57.5 Å². The van der Waals surface area contributed by atoms with E-state index in [2.05, 4.69) is 48.5 Å². The molecule has 7 saturated heterocycles. The molecule has 7 heterocycles. The summed E-state index contributed by atoms with van der Waals surface area (Å²) < 4.78 is 80.3. The highest BCUT2D eigenvalue weighted by Crippen LogP contribution is 2.80. The molecule has 12 rings (SSSR count). The lowest BCUT2D eigenvalue weighted by atomic mass is 9.30. The molecule has 7 aliphatic heterocycles. The van der Waals surface area contributed by atoms with Gasteiger partial charge in [-0.2, -0.15) is 0 Å². The second-order valence-electron chi connectivity index (χ2n) is 31.5. The molecule has 18 N–H and O–H groups in total. The van der Waals surface area contributed by atoms with Crippen LogP contribution >= 0.6 is 0 Å². The van der Waals surface area contributed by atoms with Crippen LogP contribution in [0.25, 0.3) is 0 Å². The number of aliphatic hydroxyl groups is 18. The van der Waals surface area contributed by atoms with Crippen molar-refractivity contribution in [1.29, 1.82) is 0 Å². The van der Waals surface area contributed by atoms with Crippen LogP contribution in [0.3, 0.4) is 0 Å². The number of hydrogen-bond acceptors (Lipinski definition) is 31. The fourth-order valence-corrected chi connectivity index (χ4v) is 20.2. The first kappa shape index (κ1) is 72.5. The molecule has 0 aromatic rings. The van der Waals surface area contributed by atoms with Crippen molar-refractivity contribution in [2.45, 2.75) is 303 Å². The molecule has 542 valence electrons. The predicted molar refractivity (Wildman–Crippen MR) is 311 cm³/mol. The van der Waals surface area contributed by atoms with Gasteiger partial charge in [-0.1, -0.05) is 48.5 Å². The summed E-state index contributed by atoms with van der Waals surface area (Å²) in [6, 6.07) is 0. The molecule has 1 spiro atoms. The van der Waals surface area contributed by atoms with Gasteiger partial charge >= 0.3 is 0 Å². The monoisotopic (exact) mass is 1360 g/mol. The molecule has 0 aromatic heterocycles. The Balaban J connectivity index is 0.823. The van der Waals surface area contributed by atoms with Gasteiger partial charge in [-0.25, -0.2) is 0 Å². The summed E-state index contributed by atoms with van der Waals surface area (Å²) in [5.74, 6) is 0.553. The summed E-state index contributed by atoms with van der Waals surface area (Å²) in [4.78, 5) is 0. The third-order valence-corrected chi connectivity index (χ3v) is 25.8. The lowest BCUT2D eigenvalue weighted by molar-refractivity contribution is -0.412. The predicted octanol–water partition coefficient (Wildman–Crippen LogP) is -5.47. The second kappa shape index (κ2) is 26.5. The van der Waals surface area contributed by atoms with E-state index in [9.17, 15) is 91.9 Å². The Morgan fingerprint density at radius 3 is 1.57 bits per heavy atom. The molecule has 5 aliphatic carbocycles. The smallest absolute Gasteiger partial charge is 0.189 e. The fraction of sp³-hybridized carbons (Fsp3) is 1.00. The number of ether oxygens (including phenoxy) is 13. The Morgan fingerprint density at radius 2 is 0.947 bits per heavy atom. The quantitative estimate of drug-likeness (QED) is 0.0680. The van der Waals surface area contributed by atoms with Gasteiger partial charge in [-0.05, 0) is 104 Å². The highest BCUT2D eigenvalue weighted by atomic mass is 16.8. The minimum absolute atomic E-state index is 0.0705. The van der Waals surface area contributed by atoms with Gasteiger partial charge in [0.1, 0.15) is 128 Å². The average Bonchev–Trinajstić information content (AvgIpc) is 1.31. The number of fused-ring (bicyclic) bond motifs is 4. The number of rotatable bonds is 15. The summed E-state index contributed by atoms with van der Waals surface area (Å²) in [5, 5.41) is 199. The minimum Gasteiger partial charge on any atom is -0.394 e. The van der Waals surface area contributed by atoms with Gasteiger partial charge in [-0.15, -0.1) is 0 Å². The molecule has 31 nitrogen and oxygen atoms in total. The van der Waals surface area contributed by atoms with Crippen molar-refractivity contribution in [3.05, 3.63) is 0 Å². The Kier molecular flexibility index (Phi) is 20.5. The normalized spacial score (nSPS) is 57.2. The highest BCUT2D eigenvalue weighted by Gasteiger charge is 2.80. The summed E-state index contributed by atoms with van der Waals surface area (Å²) in [6.45, 7) is 12.8. The Bertz CT molecular complexity index is 2590. The summed E-state index contributed by atoms with van der Waals surface area (Å²) in [6.07, 6.45) is -46.1. The van der Waals surface area contributed by atoms with E-state index in [-0.39, 0.29) is 50.4 Å². The zero-order chi connectivity index (χ0) is 68.1. The van der Waals surface area contributed by atoms with Crippen molar-refractivity contribution in [2.24, 2.45) is 50.2 Å². The van der Waals surface area contributed by atoms with E-state index in [0.29, 0.717) is 19.4 Å². The minimum atomic E-state index is -2.19. The molecule has 12 aliphatic rings. The first-order valence-corrected chi connectivity index (χ1v) is 33.6. The third-order valence-electron chi connectivity index (χ3n) is 25.8. The molecule has 31 heteroatoms. The van der Waals surface area contributed by atoms with Gasteiger partial charge in [-0.3, -0.25) is 0 Å². The van der Waals surface area contributed by atoms with Gasteiger partial charge < -0.3 is 153 Å². The van der Waals surface area contributed by atoms with Gasteiger partial charge in [0.2, 0.25) is 0 Å². The Hall–Kier alpha value is -1.24. The van der Waals surface area contributed by atoms with Crippen molar-refractivity contribution >= 4 is 0 Å². The largest absolute Gasteiger partial charge is 0.394 e. The van der Waals surface area contributed by atoms with E-state index < -0.39 is 223 Å². The number of aliphatic hydroxyl groups excluding tert-OH is 18. The van der Waals surface area contributed by atoms with Crippen LogP contribution in [0.15, 0.2) is 0 Å². The molecule has 0 aromatic carbocycles. The molecule has 0 radical (unpaired) electrons. The molecule has 94 heavy (non-hydrogen) atoms. The van der Waals surface area contributed by atoms with Crippen molar-refractivity contribution in [3.8, 4) is 0 Å². The van der Waals surface area contributed by atoms with E-state index in [1.54, 1.807) is 0 Å². The lowest BCUT2D eigenvalue weighted by Crippen LogP contribution is -2.74. The molecule has 38 atom stereocenters.